The predicted octanol–water partition coefficient (Wildman–Crippen LogP) is 3.75. The second-order valence-electron chi connectivity index (χ2n) is 5.17. The molecule has 1 heterocycles. The van der Waals surface area contributed by atoms with Crippen LogP contribution in [0, 0.1) is 6.92 Å². The number of aryl methyl sites for hydroxylation is 3. The molecule has 1 aliphatic rings. The maximum atomic E-state index is 12.5. The molecule has 0 fully saturated rings. The summed E-state index contributed by atoms with van der Waals surface area (Å²) in [6, 6.07) is 7.61. The fourth-order valence-electron chi connectivity index (χ4n) is 2.56. The van der Waals surface area contributed by atoms with E-state index < -0.39 is 0 Å². The van der Waals surface area contributed by atoms with Crippen molar-refractivity contribution in [3.05, 3.63) is 50.7 Å². The van der Waals surface area contributed by atoms with Gasteiger partial charge in [-0.15, -0.1) is 11.3 Å². The topological polar surface area (TPSA) is 43.1 Å². The molecule has 2 nitrogen and oxygen atoms in total. The van der Waals surface area contributed by atoms with E-state index in [4.69, 9.17) is 5.73 Å². The van der Waals surface area contributed by atoms with Gasteiger partial charge >= 0.3 is 0 Å². The molecule has 0 saturated carbocycles. The highest BCUT2D eigenvalue weighted by molar-refractivity contribution is 7.14. The van der Waals surface area contributed by atoms with Crippen LogP contribution in [0.4, 0.5) is 5.69 Å². The molecule has 0 saturated heterocycles. The van der Waals surface area contributed by atoms with E-state index in [0.717, 1.165) is 34.5 Å². The van der Waals surface area contributed by atoms with Crippen molar-refractivity contribution in [2.75, 3.05) is 5.73 Å². The summed E-state index contributed by atoms with van der Waals surface area (Å²) < 4.78 is 0. The van der Waals surface area contributed by atoms with Gasteiger partial charge in [-0.05, 0) is 68.0 Å². The molecule has 1 aromatic heterocycles. The first kappa shape index (κ1) is 12.4. The van der Waals surface area contributed by atoms with Crippen molar-refractivity contribution in [2.45, 2.75) is 32.6 Å². The first-order valence-corrected chi connectivity index (χ1v) is 7.49. The van der Waals surface area contributed by atoms with Gasteiger partial charge in [0.2, 0.25) is 5.78 Å². The second kappa shape index (κ2) is 4.82. The van der Waals surface area contributed by atoms with Crippen molar-refractivity contribution in [3.8, 4) is 0 Å². The van der Waals surface area contributed by atoms with Gasteiger partial charge in [0.25, 0.3) is 0 Å². The Morgan fingerprint density at radius 3 is 2.74 bits per heavy atom. The molecular formula is C16H17NOS. The van der Waals surface area contributed by atoms with Crippen molar-refractivity contribution in [3.63, 3.8) is 0 Å². The van der Waals surface area contributed by atoms with E-state index in [-0.39, 0.29) is 5.78 Å². The predicted molar refractivity (Wildman–Crippen MR) is 80.0 cm³/mol. The molecule has 0 unspecified atom stereocenters. The summed E-state index contributed by atoms with van der Waals surface area (Å²) in [6.07, 6.45) is 4.76. The van der Waals surface area contributed by atoms with Gasteiger partial charge in [0.1, 0.15) is 0 Å². The summed E-state index contributed by atoms with van der Waals surface area (Å²) >= 11 is 1.67. The lowest BCUT2D eigenvalue weighted by molar-refractivity contribution is 0.104. The lowest BCUT2D eigenvalue weighted by atomic mass is 9.98. The number of carbonyl (C=O) groups is 1. The van der Waals surface area contributed by atoms with Crippen molar-refractivity contribution >= 4 is 22.8 Å². The van der Waals surface area contributed by atoms with Gasteiger partial charge < -0.3 is 5.73 Å². The molecule has 0 spiro atoms. The maximum Gasteiger partial charge on any atom is 0.202 e. The van der Waals surface area contributed by atoms with Crippen molar-refractivity contribution in [2.24, 2.45) is 0 Å². The van der Waals surface area contributed by atoms with Crippen molar-refractivity contribution < 1.29 is 4.79 Å². The fraction of sp³-hybridized carbons (Fsp3) is 0.312. The van der Waals surface area contributed by atoms with E-state index in [1.807, 2.05) is 25.1 Å². The van der Waals surface area contributed by atoms with Gasteiger partial charge in [0, 0.05) is 16.1 Å². The first-order valence-electron chi connectivity index (χ1n) is 6.67. The minimum absolute atomic E-state index is 0.127. The molecule has 0 bridgehead atoms. The average Bonchev–Trinajstić information content (AvgIpc) is 2.85. The van der Waals surface area contributed by atoms with Crippen molar-refractivity contribution in [1.29, 1.82) is 0 Å². The number of benzene rings is 1. The Bertz CT molecular complexity index is 619. The minimum atomic E-state index is 0.127. The van der Waals surface area contributed by atoms with Gasteiger partial charge in [-0.1, -0.05) is 0 Å². The van der Waals surface area contributed by atoms with Gasteiger partial charge in [-0.25, -0.2) is 0 Å². The Hall–Kier alpha value is -1.61. The monoisotopic (exact) mass is 271 g/mol. The molecule has 0 atom stereocenters. The van der Waals surface area contributed by atoms with Crippen LogP contribution in [0.3, 0.4) is 0 Å². The largest absolute Gasteiger partial charge is 0.399 e. The smallest absolute Gasteiger partial charge is 0.202 e. The highest BCUT2D eigenvalue weighted by Gasteiger charge is 2.18. The molecule has 3 rings (SSSR count). The molecule has 19 heavy (non-hydrogen) atoms. The average molecular weight is 271 g/mol. The van der Waals surface area contributed by atoms with E-state index in [1.54, 1.807) is 11.3 Å². The van der Waals surface area contributed by atoms with Crippen LogP contribution in [0.2, 0.25) is 0 Å². The number of nitrogens with two attached hydrogens (primary N) is 1. The third-order valence-corrected chi connectivity index (χ3v) is 4.99. The van der Waals surface area contributed by atoms with Crippen LogP contribution in [-0.4, -0.2) is 5.78 Å². The molecule has 2 N–H and O–H groups in total. The Morgan fingerprint density at radius 1 is 1.21 bits per heavy atom. The standard InChI is InChI=1S/C16H17NOS/c1-10-8-12(6-7-13(10)17)16(18)15-9-11-4-2-3-5-14(11)19-15/h6-9H,2-5,17H2,1H3. The number of carbonyl (C=O) groups excluding carboxylic acids is 1. The van der Waals surface area contributed by atoms with E-state index in [9.17, 15) is 4.79 Å². The number of nitrogen functional groups attached to an aromatic ring is 1. The molecule has 3 heteroatoms. The number of hydrogen-bond acceptors (Lipinski definition) is 3. The van der Waals surface area contributed by atoms with E-state index in [1.165, 1.54) is 23.3 Å². The zero-order chi connectivity index (χ0) is 13.4. The molecule has 1 aliphatic carbocycles. The lowest BCUT2D eigenvalue weighted by Gasteiger charge is -2.08. The SMILES string of the molecule is Cc1cc(C(=O)c2cc3c(s2)CCCC3)ccc1N. The molecule has 1 aromatic carbocycles. The van der Waals surface area contributed by atoms with Gasteiger partial charge in [0.15, 0.2) is 0 Å². The number of thiophene rings is 1. The van der Waals surface area contributed by atoms with Crippen LogP contribution >= 0.6 is 11.3 Å². The highest BCUT2D eigenvalue weighted by Crippen LogP contribution is 2.31. The Kier molecular flexibility index (Phi) is 3.15. The summed E-state index contributed by atoms with van der Waals surface area (Å²) in [5.41, 5.74) is 9.62. The summed E-state index contributed by atoms with van der Waals surface area (Å²) in [4.78, 5) is 14.8. The van der Waals surface area contributed by atoms with E-state index in [2.05, 4.69) is 6.07 Å². The Balaban J connectivity index is 1.95. The summed E-state index contributed by atoms with van der Waals surface area (Å²) in [7, 11) is 0. The zero-order valence-corrected chi connectivity index (χ0v) is 11.8. The van der Waals surface area contributed by atoms with Gasteiger partial charge in [-0.3, -0.25) is 4.79 Å². The Labute approximate surface area is 117 Å². The second-order valence-corrected chi connectivity index (χ2v) is 6.30. The summed E-state index contributed by atoms with van der Waals surface area (Å²) in [6.45, 7) is 1.94. The van der Waals surface area contributed by atoms with Crippen LogP contribution < -0.4 is 5.73 Å². The third kappa shape index (κ3) is 2.30. The molecule has 98 valence electrons. The van der Waals surface area contributed by atoms with Crippen LogP contribution in [-0.2, 0) is 12.8 Å². The number of ketones is 1. The normalized spacial score (nSPS) is 14.2. The maximum absolute atomic E-state index is 12.5. The highest BCUT2D eigenvalue weighted by atomic mass is 32.1. The number of rotatable bonds is 2. The number of anilines is 1. The molecule has 0 amide bonds. The summed E-state index contributed by atoms with van der Waals surface area (Å²) in [5, 5.41) is 0. The van der Waals surface area contributed by atoms with Crippen LogP contribution in [0.5, 0.6) is 0 Å². The minimum Gasteiger partial charge on any atom is -0.399 e. The Morgan fingerprint density at radius 2 is 2.00 bits per heavy atom. The first-order chi connectivity index (χ1) is 9.15. The lowest BCUT2D eigenvalue weighted by Crippen LogP contribution is -2.00. The van der Waals surface area contributed by atoms with E-state index >= 15 is 0 Å². The van der Waals surface area contributed by atoms with Crippen LogP contribution in [0.15, 0.2) is 24.3 Å². The fourth-order valence-corrected chi connectivity index (χ4v) is 3.78. The van der Waals surface area contributed by atoms with Gasteiger partial charge in [0.05, 0.1) is 4.88 Å². The third-order valence-electron chi connectivity index (χ3n) is 3.75. The van der Waals surface area contributed by atoms with Crippen molar-refractivity contribution in [1.82, 2.24) is 0 Å². The molecular weight excluding hydrogens is 254 g/mol. The molecule has 0 radical (unpaired) electrons. The summed E-state index contributed by atoms with van der Waals surface area (Å²) in [5.74, 6) is 0.127. The molecule has 0 aliphatic heterocycles. The number of hydrogen-bond donors (Lipinski definition) is 1. The van der Waals surface area contributed by atoms with Crippen LogP contribution in [0.25, 0.3) is 0 Å². The van der Waals surface area contributed by atoms with Crippen LogP contribution in [0.1, 0.15) is 44.1 Å². The quantitative estimate of drug-likeness (QED) is 0.667. The number of fused-ring (bicyclic) bond motifs is 1. The zero-order valence-electron chi connectivity index (χ0n) is 11.0. The van der Waals surface area contributed by atoms with Gasteiger partial charge in [-0.2, -0.15) is 0 Å². The van der Waals surface area contributed by atoms with E-state index in [0.29, 0.717) is 0 Å². The molecule has 2 aromatic rings.